The van der Waals surface area contributed by atoms with Crippen molar-refractivity contribution in [2.75, 3.05) is 31.1 Å². The molecule has 3 aromatic rings. The van der Waals surface area contributed by atoms with Gasteiger partial charge >= 0.3 is 0 Å². The molecule has 0 bridgehead atoms. The van der Waals surface area contributed by atoms with Crippen LogP contribution in [0.15, 0.2) is 59.0 Å². The first kappa shape index (κ1) is 23.2. The Bertz CT molecular complexity index is 1210. The number of piperazine rings is 1. The quantitative estimate of drug-likeness (QED) is 0.235. The van der Waals surface area contributed by atoms with Gasteiger partial charge < -0.3 is 14.2 Å². The fourth-order valence-electron chi connectivity index (χ4n) is 3.67. The van der Waals surface area contributed by atoms with Crippen molar-refractivity contribution in [1.82, 2.24) is 4.90 Å². The van der Waals surface area contributed by atoms with Crippen molar-refractivity contribution in [2.24, 2.45) is 0 Å². The molecule has 1 aliphatic heterocycles. The summed E-state index contributed by atoms with van der Waals surface area (Å²) in [5.74, 6) is 0.924. The van der Waals surface area contributed by atoms with Crippen LogP contribution >= 0.6 is 34.8 Å². The third kappa shape index (κ3) is 5.33. The van der Waals surface area contributed by atoms with Crippen molar-refractivity contribution in [3.8, 4) is 11.3 Å². The van der Waals surface area contributed by atoms with Gasteiger partial charge in [-0.05, 0) is 42.5 Å². The van der Waals surface area contributed by atoms with E-state index in [0.717, 1.165) is 5.56 Å². The number of benzene rings is 2. The lowest BCUT2D eigenvalue weighted by Crippen LogP contribution is -2.48. The molecule has 170 valence electrons. The first-order chi connectivity index (χ1) is 15.8. The minimum absolute atomic E-state index is 0.0446. The van der Waals surface area contributed by atoms with Crippen LogP contribution in [0.4, 0.5) is 11.4 Å². The lowest BCUT2D eigenvalue weighted by Gasteiger charge is -2.35. The molecule has 0 saturated carbocycles. The van der Waals surface area contributed by atoms with Gasteiger partial charge in [-0.15, -0.1) is 0 Å². The predicted octanol–water partition coefficient (Wildman–Crippen LogP) is 6.18. The molecular weight excluding hydrogens is 489 g/mol. The van der Waals surface area contributed by atoms with E-state index < -0.39 is 4.92 Å². The largest absolute Gasteiger partial charge is 0.457 e. The predicted molar refractivity (Wildman–Crippen MR) is 130 cm³/mol. The van der Waals surface area contributed by atoms with Crippen LogP contribution in [-0.4, -0.2) is 41.9 Å². The van der Waals surface area contributed by atoms with Gasteiger partial charge in [0.15, 0.2) is 0 Å². The molecule has 0 unspecified atom stereocenters. The molecule has 0 radical (unpaired) electrons. The molecule has 2 heterocycles. The Morgan fingerprint density at radius 2 is 1.70 bits per heavy atom. The normalized spacial score (nSPS) is 14.2. The van der Waals surface area contributed by atoms with Crippen LogP contribution in [0.3, 0.4) is 0 Å². The number of hydrogen-bond donors (Lipinski definition) is 0. The fraction of sp³-hybridized carbons (Fsp3) is 0.174. The van der Waals surface area contributed by atoms with Crippen molar-refractivity contribution in [1.29, 1.82) is 0 Å². The molecule has 1 aromatic heterocycles. The smallest absolute Gasteiger partial charge is 0.294 e. The zero-order valence-electron chi connectivity index (χ0n) is 17.2. The van der Waals surface area contributed by atoms with Crippen LogP contribution in [0.1, 0.15) is 5.76 Å². The number of hydrogen-bond acceptors (Lipinski definition) is 5. The average molecular weight is 507 g/mol. The van der Waals surface area contributed by atoms with Gasteiger partial charge in [-0.25, -0.2) is 0 Å². The fourth-order valence-corrected chi connectivity index (χ4v) is 4.48. The van der Waals surface area contributed by atoms with E-state index in [1.54, 1.807) is 53.4 Å². The third-order valence-electron chi connectivity index (χ3n) is 5.23. The number of halogens is 3. The second kappa shape index (κ2) is 9.87. The molecular formula is C23H18Cl3N3O4. The number of amides is 1. The zero-order valence-corrected chi connectivity index (χ0v) is 19.5. The number of carbonyl (C=O) groups is 1. The zero-order chi connectivity index (χ0) is 23.5. The Hall–Kier alpha value is -3.00. The lowest BCUT2D eigenvalue weighted by atomic mass is 10.2. The van der Waals surface area contributed by atoms with Crippen LogP contribution in [0.2, 0.25) is 15.1 Å². The first-order valence-electron chi connectivity index (χ1n) is 10.0. The number of para-hydroxylation sites is 1. The van der Waals surface area contributed by atoms with E-state index in [2.05, 4.69) is 0 Å². The summed E-state index contributed by atoms with van der Waals surface area (Å²) >= 11 is 18.3. The summed E-state index contributed by atoms with van der Waals surface area (Å²) in [5, 5.41) is 12.7. The van der Waals surface area contributed by atoms with E-state index in [1.807, 2.05) is 4.90 Å². The van der Waals surface area contributed by atoms with Crippen molar-refractivity contribution in [3.05, 3.63) is 85.5 Å². The minimum Gasteiger partial charge on any atom is -0.457 e. The molecule has 1 fully saturated rings. The molecule has 0 spiro atoms. The number of nitro groups is 1. The Labute approximate surface area is 204 Å². The Morgan fingerprint density at radius 1 is 1.00 bits per heavy atom. The monoisotopic (exact) mass is 505 g/mol. The highest BCUT2D eigenvalue weighted by atomic mass is 35.5. The Balaban J connectivity index is 1.39. The molecule has 2 aromatic carbocycles. The molecule has 7 nitrogen and oxygen atoms in total. The summed E-state index contributed by atoms with van der Waals surface area (Å²) in [7, 11) is 0. The molecule has 1 amide bonds. The molecule has 1 saturated heterocycles. The van der Waals surface area contributed by atoms with Gasteiger partial charge in [0.2, 0.25) is 5.91 Å². The highest BCUT2D eigenvalue weighted by Crippen LogP contribution is 2.36. The Morgan fingerprint density at radius 3 is 2.36 bits per heavy atom. The molecule has 0 aliphatic carbocycles. The maximum Gasteiger partial charge on any atom is 0.294 e. The molecule has 1 aliphatic rings. The number of carbonyl (C=O) groups excluding carboxylic acids is 1. The van der Waals surface area contributed by atoms with Crippen LogP contribution in [0, 0.1) is 10.1 Å². The standard InChI is InChI=1S/C23H18Cl3N3O4/c24-16-12-15(13-17(25)14-16)21-6-4-18(33-21)5-7-22(30)27-8-10-28(11-9-27)23-19(26)2-1-3-20(23)29(31)32/h1-7,12-14H,8-11H2/b7-5+. The number of nitrogens with zero attached hydrogens (tertiary/aromatic N) is 3. The van der Waals surface area contributed by atoms with E-state index in [1.165, 1.54) is 12.1 Å². The van der Waals surface area contributed by atoms with E-state index in [0.29, 0.717) is 58.5 Å². The van der Waals surface area contributed by atoms with Gasteiger partial charge in [-0.2, -0.15) is 0 Å². The van der Waals surface area contributed by atoms with Gasteiger partial charge in [0.1, 0.15) is 17.2 Å². The SMILES string of the molecule is O=C(/C=C/c1ccc(-c2cc(Cl)cc(Cl)c2)o1)N1CCN(c2c(Cl)cccc2[N+](=O)[O-])CC1. The molecule has 4 rings (SSSR count). The van der Waals surface area contributed by atoms with E-state index in [-0.39, 0.29) is 11.6 Å². The summed E-state index contributed by atoms with van der Waals surface area (Å²) in [6.07, 6.45) is 3.05. The number of rotatable bonds is 5. The van der Waals surface area contributed by atoms with Gasteiger partial charge in [0.25, 0.3) is 5.69 Å². The molecule has 0 N–H and O–H groups in total. The second-order valence-corrected chi connectivity index (χ2v) is 8.65. The van der Waals surface area contributed by atoms with Crippen molar-refractivity contribution >= 4 is 58.2 Å². The number of nitro benzene ring substituents is 1. The van der Waals surface area contributed by atoms with E-state index in [4.69, 9.17) is 39.2 Å². The van der Waals surface area contributed by atoms with E-state index >= 15 is 0 Å². The van der Waals surface area contributed by atoms with Crippen molar-refractivity contribution in [3.63, 3.8) is 0 Å². The van der Waals surface area contributed by atoms with Crippen molar-refractivity contribution < 1.29 is 14.1 Å². The highest BCUT2D eigenvalue weighted by Gasteiger charge is 2.27. The Kier molecular flexibility index (Phi) is 6.93. The highest BCUT2D eigenvalue weighted by molar-refractivity contribution is 6.35. The summed E-state index contributed by atoms with van der Waals surface area (Å²) in [5.41, 5.74) is 1.08. The maximum absolute atomic E-state index is 12.6. The van der Waals surface area contributed by atoms with Gasteiger partial charge in [0, 0.05) is 53.9 Å². The summed E-state index contributed by atoms with van der Waals surface area (Å²) in [6.45, 7) is 1.70. The average Bonchev–Trinajstić information content (AvgIpc) is 3.26. The van der Waals surface area contributed by atoms with Crippen LogP contribution < -0.4 is 4.90 Å². The van der Waals surface area contributed by atoms with Crippen molar-refractivity contribution in [2.45, 2.75) is 0 Å². The first-order valence-corrected chi connectivity index (χ1v) is 11.2. The topological polar surface area (TPSA) is 79.8 Å². The molecule has 10 heteroatoms. The summed E-state index contributed by atoms with van der Waals surface area (Å²) < 4.78 is 5.78. The van der Waals surface area contributed by atoms with Gasteiger partial charge in [0.05, 0.1) is 9.95 Å². The van der Waals surface area contributed by atoms with Gasteiger partial charge in [-0.1, -0.05) is 40.9 Å². The summed E-state index contributed by atoms with van der Waals surface area (Å²) in [4.78, 5) is 27.1. The van der Waals surface area contributed by atoms with Crippen LogP contribution in [0.5, 0.6) is 0 Å². The molecule has 0 atom stereocenters. The van der Waals surface area contributed by atoms with Crippen LogP contribution in [0.25, 0.3) is 17.4 Å². The third-order valence-corrected chi connectivity index (χ3v) is 5.98. The lowest BCUT2D eigenvalue weighted by molar-refractivity contribution is -0.384. The number of anilines is 1. The second-order valence-electron chi connectivity index (χ2n) is 7.37. The van der Waals surface area contributed by atoms with Crippen LogP contribution in [-0.2, 0) is 4.79 Å². The summed E-state index contributed by atoms with van der Waals surface area (Å²) in [6, 6.07) is 13.3. The van der Waals surface area contributed by atoms with Gasteiger partial charge in [-0.3, -0.25) is 14.9 Å². The minimum atomic E-state index is -0.448. The number of furan rings is 1. The molecule has 33 heavy (non-hydrogen) atoms. The van der Waals surface area contributed by atoms with E-state index in [9.17, 15) is 14.9 Å². The maximum atomic E-state index is 12.6.